The predicted octanol–water partition coefficient (Wildman–Crippen LogP) is 5.74. The van der Waals surface area contributed by atoms with Gasteiger partial charge in [0, 0.05) is 10.2 Å². The van der Waals surface area contributed by atoms with Crippen molar-refractivity contribution in [2.45, 2.75) is 21.9 Å². The van der Waals surface area contributed by atoms with E-state index >= 15 is 0 Å². The van der Waals surface area contributed by atoms with Gasteiger partial charge < -0.3 is 0 Å². The molecule has 1 N–H and O–H groups in total. The molecule has 0 unspecified atom stereocenters. The van der Waals surface area contributed by atoms with Gasteiger partial charge in [-0.3, -0.25) is 14.4 Å². The van der Waals surface area contributed by atoms with Crippen molar-refractivity contribution >= 4 is 65.8 Å². The Bertz CT molecular complexity index is 1410. The van der Waals surface area contributed by atoms with E-state index in [1.54, 1.807) is 36.4 Å². The fourth-order valence-electron chi connectivity index (χ4n) is 3.11. The zero-order valence-corrected chi connectivity index (χ0v) is 22.6. The van der Waals surface area contributed by atoms with Gasteiger partial charge in [0.2, 0.25) is 11.0 Å². The molecule has 180 valence electrons. The first-order valence-electron chi connectivity index (χ1n) is 10.5. The number of aryl methyl sites for hydroxylation is 1. The molecule has 7 nitrogen and oxygen atoms in total. The van der Waals surface area contributed by atoms with Crippen molar-refractivity contribution in [1.82, 2.24) is 10.2 Å². The summed E-state index contributed by atoms with van der Waals surface area (Å²) in [6, 6.07) is 23.3. The van der Waals surface area contributed by atoms with E-state index < -0.39 is 22.5 Å². The second-order valence-corrected chi connectivity index (χ2v) is 12.5. The first-order valence-corrected chi connectivity index (χ1v) is 14.5. The van der Waals surface area contributed by atoms with Crippen LogP contribution in [0.2, 0.25) is 0 Å². The molecule has 0 atom stereocenters. The van der Waals surface area contributed by atoms with E-state index in [2.05, 4.69) is 31.4 Å². The van der Waals surface area contributed by atoms with Gasteiger partial charge in [0.25, 0.3) is 10.0 Å². The van der Waals surface area contributed by atoms with E-state index in [9.17, 15) is 13.2 Å². The molecule has 0 fully saturated rings. The highest BCUT2D eigenvalue weighted by Gasteiger charge is 2.27. The largest absolute Gasteiger partial charge is 0.299 e. The lowest BCUT2D eigenvalue weighted by molar-refractivity contribution is -0.114. The highest BCUT2D eigenvalue weighted by atomic mass is 79.9. The first kappa shape index (κ1) is 25.4. The molecule has 0 aliphatic rings. The van der Waals surface area contributed by atoms with E-state index in [0.29, 0.717) is 19.6 Å². The second kappa shape index (κ2) is 11.3. The molecule has 4 aromatic rings. The number of carbonyl (C=O) groups excluding carboxylic acids is 1. The van der Waals surface area contributed by atoms with Gasteiger partial charge in [-0.05, 0) is 42.8 Å². The maximum Gasteiger partial charge on any atom is 0.264 e. The van der Waals surface area contributed by atoms with E-state index in [-0.39, 0.29) is 4.90 Å². The van der Waals surface area contributed by atoms with Crippen LogP contribution in [-0.4, -0.2) is 31.1 Å². The Kier molecular flexibility index (Phi) is 8.22. The zero-order valence-electron chi connectivity index (χ0n) is 18.6. The molecule has 0 aliphatic heterocycles. The lowest BCUT2D eigenvalue weighted by Gasteiger charge is -2.24. The minimum Gasteiger partial charge on any atom is -0.299 e. The van der Waals surface area contributed by atoms with Crippen LogP contribution in [0.4, 0.5) is 10.8 Å². The lowest BCUT2D eigenvalue weighted by Crippen LogP contribution is -2.38. The number of nitrogens with one attached hydrogen (secondary N) is 1. The van der Waals surface area contributed by atoms with Gasteiger partial charge in [-0.2, -0.15) is 0 Å². The SMILES string of the molecule is Cc1ccc(S(=O)(=O)N(CC(=O)Nc2nnc(SCc3ccccc3)s2)c2cccc(Br)c2)cc1. The van der Waals surface area contributed by atoms with Gasteiger partial charge in [-0.15, -0.1) is 10.2 Å². The first-order chi connectivity index (χ1) is 16.8. The number of carbonyl (C=O) groups is 1. The monoisotopic (exact) mass is 588 g/mol. The number of thioether (sulfide) groups is 1. The van der Waals surface area contributed by atoms with Crippen molar-refractivity contribution in [2.75, 3.05) is 16.2 Å². The fourth-order valence-corrected chi connectivity index (χ4v) is 6.63. The van der Waals surface area contributed by atoms with Crippen molar-refractivity contribution in [3.63, 3.8) is 0 Å². The molecule has 1 aromatic heterocycles. The van der Waals surface area contributed by atoms with Crippen LogP contribution >= 0.6 is 39.0 Å². The molecule has 0 saturated heterocycles. The average molecular weight is 590 g/mol. The molecule has 11 heteroatoms. The summed E-state index contributed by atoms with van der Waals surface area (Å²) < 4.78 is 29.4. The Labute approximate surface area is 220 Å². The summed E-state index contributed by atoms with van der Waals surface area (Å²) in [5.74, 6) is 0.214. The Balaban J connectivity index is 1.50. The number of hydrogen-bond donors (Lipinski definition) is 1. The third kappa shape index (κ3) is 6.69. The molecular weight excluding hydrogens is 568 g/mol. The van der Waals surface area contributed by atoms with Gasteiger partial charge in [-0.25, -0.2) is 8.42 Å². The molecule has 0 radical (unpaired) electrons. The minimum atomic E-state index is -3.99. The highest BCUT2D eigenvalue weighted by molar-refractivity contribution is 9.10. The van der Waals surface area contributed by atoms with Gasteiger partial charge in [0.15, 0.2) is 4.34 Å². The number of benzene rings is 3. The van der Waals surface area contributed by atoms with Gasteiger partial charge >= 0.3 is 0 Å². The summed E-state index contributed by atoms with van der Waals surface area (Å²) in [4.78, 5) is 13.0. The molecule has 0 saturated carbocycles. The van der Waals surface area contributed by atoms with Gasteiger partial charge in [0.05, 0.1) is 10.6 Å². The van der Waals surface area contributed by atoms with Crippen LogP contribution in [-0.2, 0) is 20.6 Å². The molecule has 4 rings (SSSR count). The van der Waals surface area contributed by atoms with Crippen molar-refractivity contribution in [3.05, 3.63) is 94.5 Å². The molecule has 1 amide bonds. The van der Waals surface area contributed by atoms with Crippen LogP contribution in [0.3, 0.4) is 0 Å². The molecule has 0 bridgehead atoms. The van der Waals surface area contributed by atoms with Crippen LogP contribution < -0.4 is 9.62 Å². The van der Waals surface area contributed by atoms with E-state index in [1.165, 1.54) is 35.2 Å². The molecule has 35 heavy (non-hydrogen) atoms. The normalized spacial score (nSPS) is 11.3. The smallest absolute Gasteiger partial charge is 0.264 e. The number of hydrogen-bond acceptors (Lipinski definition) is 7. The number of halogens is 1. The lowest BCUT2D eigenvalue weighted by atomic mass is 10.2. The van der Waals surface area contributed by atoms with Crippen molar-refractivity contribution in [3.8, 4) is 0 Å². The predicted molar refractivity (Wildman–Crippen MR) is 144 cm³/mol. The summed E-state index contributed by atoms with van der Waals surface area (Å²) in [6.07, 6.45) is 0. The molecule has 0 spiro atoms. The standard InChI is InChI=1S/C24H21BrN4O3S3/c1-17-10-12-21(13-11-17)35(31,32)29(20-9-5-8-19(25)14-20)15-22(30)26-23-27-28-24(34-23)33-16-18-6-3-2-4-7-18/h2-14H,15-16H2,1H3,(H,26,27,30). The number of aromatic nitrogens is 2. The Hall–Kier alpha value is -2.73. The van der Waals surface area contributed by atoms with E-state index in [1.807, 2.05) is 37.3 Å². The van der Waals surface area contributed by atoms with Crippen LogP contribution in [0.5, 0.6) is 0 Å². The third-order valence-electron chi connectivity index (χ3n) is 4.85. The van der Waals surface area contributed by atoms with E-state index in [0.717, 1.165) is 21.2 Å². The summed E-state index contributed by atoms with van der Waals surface area (Å²) in [6.45, 7) is 1.46. The number of anilines is 2. The van der Waals surface area contributed by atoms with Crippen molar-refractivity contribution in [2.24, 2.45) is 0 Å². The minimum absolute atomic E-state index is 0.103. The van der Waals surface area contributed by atoms with Crippen LogP contribution in [0, 0.1) is 6.92 Å². The number of amides is 1. The topological polar surface area (TPSA) is 92.3 Å². The van der Waals surface area contributed by atoms with Crippen molar-refractivity contribution in [1.29, 1.82) is 0 Å². The molecule has 1 heterocycles. The number of sulfonamides is 1. The van der Waals surface area contributed by atoms with Crippen molar-refractivity contribution < 1.29 is 13.2 Å². The Morgan fingerprint density at radius 1 is 1.03 bits per heavy atom. The van der Waals surface area contributed by atoms with E-state index in [4.69, 9.17) is 0 Å². The van der Waals surface area contributed by atoms with Crippen LogP contribution in [0.1, 0.15) is 11.1 Å². The maximum absolute atomic E-state index is 13.5. The Morgan fingerprint density at radius 2 is 1.77 bits per heavy atom. The molecule has 3 aromatic carbocycles. The second-order valence-electron chi connectivity index (χ2n) is 7.50. The fraction of sp³-hybridized carbons (Fsp3) is 0.125. The van der Waals surface area contributed by atoms with Crippen LogP contribution in [0.25, 0.3) is 0 Å². The van der Waals surface area contributed by atoms with Gasteiger partial charge in [-0.1, -0.05) is 93.1 Å². The maximum atomic E-state index is 13.5. The summed E-state index contributed by atoms with van der Waals surface area (Å²) >= 11 is 6.14. The summed E-state index contributed by atoms with van der Waals surface area (Å²) in [7, 11) is -3.99. The molecule has 0 aliphatic carbocycles. The third-order valence-corrected chi connectivity index (χ3v) is 9.17. The molecular formula is C24H21BrN4O3S3. The summed E-state index contributed by atoms with van der Waals surface area (Å²) in [5.41, 5.74) is 2.46. The Morgan fingerprint density at radius 3 is 2.49 bits per heavy atom. The van der Waals surface area contributed by atoms with Crippen LogP contribution in [0.15, 0.2) is 92.6 Å². The average Bonchev–Trinajstić information content (AvgIpc) is 3.29. The number of rotatable bonds is 9. The highest BCUT2D eigenvalue weighted by Crippen LogP contribution is 2.29. The zero-order chi connectivity index (χ0) is 24.8. The van der Waals surface area contributed by atoms with Gasteiger partial charge in [0.1, 0.15) is 6.54 Å². The summed E-state index contributed by atoms with van der Waals surface area (Å²) in [5, 5.41) is 11.1. The number of nitrogens with zero attached hydrogens (tertiary/aromatic N) is 3. The quantitative estimate of drug-likeness (QED) is 0.198.